The molecule has 0 aliphatic carbocycles. The summed E-state index contributed by atoms with van der Waals surface area (Å²) in [6.07, 6.45) is 10.9. The highest BCUT2D eigenvalue weighted by molar-refractivity contribution is 6.00. The molecule has 2 saturated heterocycles. The number of para-hydroxylation sites is 1. The van der Waals surface area contributed by atoms with E-state index in [0.29, 0.717) is 57.9 Å². The first kappa shape index (κ1) is 90.5. The van der Waals surface area contributed by atoms with Gasteiger partial charge < -0.3 is 110 Å². The van der Waals surface area contributed by atoms with Crippen LogP contribution in [0.2, 0.25) is 0 Å². The van der Waals surface area contributed by atoms with Crippen LogP contribution in [0, 0.1) is 11.8 Å². The standard InChI is InChI=1S/C78H113N19O18/c1-6-7-8-9-10-11-12-13-14-20-50-35-62(99)89-55(23-17-28-79)71(107)93-59(33-48-39-81-43-88-48)73(109)96-68(45(4)5)76(112)97-30-19-25-61(97)74(110)87-41-63(100)90-56(24-18-29-82-78(80)114)72(108)92-58(32-47-38-84-54-27-26-49(98)34-52(47)54)70(106)85-40-64(101)91-57(31-46-37-83-53-22-16-15-21-51(46)53)69(105)86-42-65(102)95-67(44(2)3)75(111)94-60(36-66(103)104)77(113)115-50/h15-16,21-22,26-27,34,37-39,43-45,50,55-61,67-68,83-84,98H,6-14,17-20,23-25,28-33,35-36,40-42,79H2,1-5H3,(H,81,88)(H,85,106)(H,86,105)(H,87,110)(H,89,99)(H,90,100)(H,91,101)(H,92,108)(H,93,107)(H,94,111)(H,95,102)(H,96,109)(H,103,104)(H3,80,82,114)/t50?,55-,56-,57-,58-,59-,60-,61-,67-,68-/m0/s1. The molecule has 0 saturated carbocycles. The van der Waals surface area contributed by atoms with E-state index in [1.54, 1.807) is 64.2 Å². The number of nitrogens with zero attached hydrogens (tertiary/aromatic N) is 2. The van der Waals surface area contributed by atoms with Crippen molar-refractivity contribution in [2.75, 3.05) is 39.3 Å². The molecule has 115 heavy (non-hydrogen) atoms. The molecule has 2 fully saturated rings. The lowest BCUT2D eigenvalue weighted by Gasteiger charge is -2.32. The average Bonchev–Trinajstić information content (AvgIpc) is 1.72. The van der Waals surface area contributed by atoms with Gasteiger partial charge in [0.15, 0.2) is 0 Å². The number of ether oxygens (including phenoxy) is 1. The summed E-state index contributed by atoms with van der Waals surface area (Å²) in [5.74, 6) is -14.9. The van der Waals surface area contributed by atoms with E-state index in [1.807, 2.05) is 0 Å². The number of nitrogens with two attached hydrogens (primary N) is 2. The van der Waals surface area contributed by atoms with Gasteiger partial charge in [-0.05, 0) is 105 Å². The number of phenolic OH excluding ortho intramolecular Hbond substituents is 1. The number of esters is 1. The van der Waals surface area contributed by atoms with Gasteiger partial charge in [0.2, 0.25) is 70.9 Å². The van der Waals surface area contributed by atoms with Gasteiger partial charge in [-0.2, -0.15) is 0 Å². The molecule has 37 nitrogen and oxygen atoms in total. The van der Waals surface area contributed by atoms with Gasteiger partial charge >= 0.3 is 18.0 Å². The van der Waals surface area contributed by atoms with Crippen LogP contribution in [0.1, 0.15) is 167 Å². The van der Waals surface area contributed by atoms with Crippen molar-refractivity contribution in [3.8, 4) is 5.75 Å². The summed E-state index contributed by atoms with van der Waals surface area (Å²) in [5.41, 5.74) is 13.8. The van der Waals surface area contributed by atoms with Crippen molar-refractivity contribution >= 4 is 111 Å². The van der Waals surface area contributed by atoms with Crippen molar-refractivity contribution < 1.29 is 86.9 Å². The quantitative estimate of drug-likeness (QED) is 0.0252. The number of carboxylic acids is 1. The zero-order chi connectivity index (χ0) is 83.7. The minimum absolute atomic E-state index is 0.0202. The second-order valence-electron chi connectivity index (χ2n) is 29.8. The third kappa shape index (κ3) is 29.0. The van der Waals surface area contributed by atoms with Crippen LogP contribution in [0.15, 0.2) is 67.4 Å². The fraction of sp³-hybridized carbons (Fsp3) is 0.564. The fourth-order valence-corrected chi connectivity index (χ4v) is 13.8. The van der Waals surface area contributed by atoms with E-state index in [-0.39, 0.29) is 83.2 Å². The topological polar surface area (TPSA) is 566 Å². The van der Waals surface area contributed by atoms with Gasteiger partial charge in [0.25, 0.3) is 0 Å². The largest absolute Gasteiger partial charge is 0.508 e. The van der Waals surface area contributed by atoms with Crippen LogP contribution in [0.4, 0.5) is 4.79 Å². The SMILES string of the molecule is CCCCCCCCCCCC1CC(=O)N[C@@H](CCCN)C(=O)N[C@@H](Cc2cnc[nH]2)C(=O)N[C@@H](C(C)C)C(=O)N2CCC[C@H]2C(=O)NCC(=O)N[C@@H](CCCNC(N)=O)C(=O)N[C@@H](Cc2c[nH]c3ccc(O)cc23)C(=O)NCC(=O)N[C@@H](Cc2c[nH]c3ccccc23)C(=O)NCC(=O)N[C@@H](C(C)C)C(=O)N[C@@H](CC(=O)O)C(=O)O1. The molecule has 2 aliphatic rings. The molecule has 0 bridgehead atoms. The molecule has 37 heteroatoms. The number of primary amides is 1. The molecule has 14 amide bonds. The first-order valence-corrected chi connectivity index (χ1v) is 39.5. The van der Waals surface area contributed by atoms with E-state index in [0.717, 1.165) is 44.9 Å². The summed E-state index contributed by atoms with van der Waals surface area (Å²) in [7, 11) is 0. The number of aliphatic carboxylic acids is 1. The first-order valence-electron chi connectivity index (χ1n) is 39.5. The van der Waals surface area contributed by atoms with Gasteiger partial charge in [-0.1, -0.05) is 104 Å². The molecule has 3 aromatic heterocycles. The van der Waals surface area contributed by atoms with E-state index in [1.165, 1.54) is 35.8 Å². The highest BCUT2D eigenvalue weighted by atomic mass is 16.5. The molecule has 5 aromatic rings. The van der Waals surface area contributed by atoms with Gasteiger partial charge in [0.1, 0.15) is 66.2 Å². The number of fused-ring (bicyclic) bond motifs is 3. The van der Waals surface area contributed by atoms with Crippen LogP contribution >= 0.6 is 0 Å². The third-order valence-electron chi connectivity index (χ3n) is 20.0. The van der Waals surface area contributed by atoms with E-state index >= 15 is 0 Å². The summed E-state index contributed by atoms with van der Waals surface area (Å²) < 4.78 is 5.94. The number of unbranched alkanes of at least 4 members (excludes halogenated alkanes) is 8. The number of carbonyl (C=O) groups is 15. The summed E-state index contributed by atoms with van der Waals surface area (Å²) in [6.45, 7) is 6.15. The van der Waals surface area contributed by atoms with Crippen LogP contribution in [-0.2, 0) is 91.1 Å². The number of H-pyrrole nitrogens is 3. The summed E-state index contributed by atoms with van der Waals surface area (Å²) in [5, 5.41) is 52.7. The van der Waals surface area contributed by atoms with Crippen LogP contribution in [-0.4, -0.2) is 224 Å². The number of carboxylic acid groups (broad SMARTS) is 1. The number of nitrogens with one attached hydrogen (secondary N) is 15. The zero-order valence-corrected chi connectivity index (χ0v) is 65.8. The Labute approximate surface area is 665 Å². The number of amides is 14. The van der Waals surface area contributed by atoms with Crippen molar-refractivity contribution in [2.45, 2.75) is 230 Å². The third-order valence-corrected chi connectivity index (χ3v) is 20.0. The van der Waals surface area contributed by atoms with Crippen molar-refractivity contribution in [2.24, 2.45) is 23.3 Å². The van der Waals surface area contributed by atoms with E-state index in [2.05, 4.69) is 90.7 Å². The highest BCUT2D eigenvalue weighted by Crippen LogP contribution is 2.26. The summed E-state index contributed by atoms with van der Waals surface area (Å²) >= 11 is 0. The van der Waals surface area contributed by atoms with Crippen molar-refractivity contribution in [1.29, 1.82) is 0 Å². The number of aromatic nitrogens is 4. The number of benzene rings is 2. The molecule has 1 unspecified atom stereocenters. The van der Waals surface area contributed by atoms with Gasteiger partial charge in [-0.25, -0.2) is 14.6 Å². The van der Waals surface area contributed by atoms with Gasteiger partial charge in [-0.3, -0.25) is 62.3 Å². The van der Waals surface area contributed by atoms with E-state index < -0.39 is 194 Å². The Balaban J connectivity index is 1.22. The maximum Gasteiger partial charge on any atom is 0.329 e. The monoisotopic (exact) mass is 1600 g/mol. The maximum absolute atomic E-state index is 14.8. The van der Waals surface area contributed by atoms with E-state index in [9.17, 15) is 82.1 Å². The molecule has 2 aliphatic heterocycles. The molecule has 628 valence electrons. The Kier molecular flexibility index (Phi) is 36.1. The molecule has 5 heterocycles. The lowest BCUT2D eigenvalue weighted by atomic mass is 10.0. The number of urea groups is 1. The second-order valence-corrected chi connectivity index (χ2v) is 29.8. The number of aromatic amines is 3. The maximum atomic E-state index is 14.8. The predicted molar refractivity (Wildman–Crippen MR) is 421 cm³/mol. The molecular formula is C78H113N19O18. The van der Waals surface area contributed by atoms with Crippen molar-refractivity contribution in [3.63, 3.8) is 0 Å². The number of cyclic esters (lactones) is 1. The average molecular weight is 1600 g/mol. The molecule has 21 N–H and O–H groups in total. The minimum Gasteiger partial charge on any atom is -0.508 e. The number of carbonyl (C=O) groups excluding carboxylic acids is 14. The van der Waals surface area contributed by atoms with E-state index in [4.69, 9.17) is 16.2 Å². The number of imidazole rings is 1. The van der Waals surface area contributed by atoms with Gasteiger partial charge in [0, 0.05) is 78.4 Å². The molecule has 7 rings (SSSR count). The normalized spacial score (nSPS) is 22.6. The Morgan fingerprint density at radius 1 is 0.565 bits per heavy atom. The summed E-state index contributed by atoms with van der Waals surface area (Å²) in [4.78, 5) is 226. The lowest BCUT2D eigenvalue weighted by molar-refractivity contribution is -0.157. The lowest BCUT2D eigenvalue weighted by Crippen LogP contribution is -2.60. The van der Waals surface area contributed by atoms with Gasteiger partial charge in [-0.15, -0.1) is 0 Å². The van der Waals surface area contributed by atoms with Gasteiger partial charge in [0.05, 0.1) is 38.8 Å². The second kappa shape index (κ2) is 45.9. The zero-order valence-electron chi connectivity index (χ0n) is 65.8. The molecule has 0 radical (unpaired) electrons. The first-order chi connectivity index (χ1) is 55.0. The molecule has 10 atom stereocenters. The van der Waals surface area contributed by atoms with Crippen LogP contribution < -0.4 is 75.3 Å². The fourth-order valence-electron chi connectivity index (χ4n) is 13.8. The Bertz CT molecular complexity index is 4160. The number of hydrogen-bond acceptors (Lipinski definition) is 19. The smallest absolute Gasteiger partial charge is 0.329 e. The number of rotatable bonds is 27. The molecular weight excluding hydrogens is 1490 g/mol. The van der Waals surface area contributed by atoms with Crippen molar-refractivity contribution in [3.05, 3.63) is 84.2 Å². The van der Waals surface area contributed by atoms with Crippen LogP contribution in [0.25, 0.3) is 21.8 Å². The predicted octanol–water partition coefficient (Wildman–Crippen LogP) is 0.534. The minimum atomic E-state index is -1.90. The molecule has 0 spiro atoms. The Morgan fingerprint density at radius 2 is 1.10 bits per heavy atom. The Hall–Kier alpha value is -11.7. The summed E-state index contributed by atoms with van der Waals surface area (Å²) in [6, 6.07) is -2.67. The van der Waals surface area contributed by atoms with Crippen LogP contribution in [0.5, 0.6) is 5.75 Å². The highest BCUT2D eigenvalue weighted by Gasteiger charge is 2.41. The van der Waals surface area contributed by atoms with Crippen molar-refractivity contribution in [1.82, 2.24) is 88.6 Å². The van der Waals surface area contributed by atoms with Crippen LogP contribution in [0.3, 0.4) is 0 Å². The number of aromatic hydroxyl groups is 1. The number of phenols is 1. The number of hydrogen-bond donors (Lipinski definition) is 19. The molecule has 2 aromatic carbocycles. The Morgan fingerprint density at radius 3 is 1.70 bits per heavy atom.